The maximum absolute atomic E-state index is 3.97. The summed E-state index contributed by atoms with van der Waals surface area (Å²) >= 11 is 0. The molecule has 0 saturated heterocycles. The van der Waals surface area contributed by atoms with Crippen LogP contribution in [0.3, 0.4) is 0 Å². The molecule has 0 aromatic carbocycles. The fourth-order valence-electron chi connectivity index (χ4n) is 0.839. The first-order chi connectivity index (χ1) is 4.86. The van der Waals surface area contributed by atoms with Crippen molar-refractivity contribution in [1.82, 2.24) is 15.0 Å². The van der Waals surface area contributed by atoms with Gasteiger partial charge in [-0.15, -0.1) is 5.10 Å². The van der Waals surface area contributed by atoms with Crippen LogP contribution in [0.5, 0.6) is 0 Å². The van der Waals surface area contributed by atoms with Crippen LogP contribution in [-0.2, 0) is 64.2 Å². The molecule has 0 N–H and O–H groups in total. The van der Waals surface area contributed by atoms with Gasteiger partial charge < -0.3 is 7.43 Å². The molecule has 0 amide bonds. The maximum Gasteiger partial charge on any atom is 0.0824 e. The molecule has 0 unspecified atom stereocenters. The van der Waals surface area contributed by atoms with Crippen molar-refractivity contribution in [2.75, 3.05) is 0 Å². The molecule has 0 aliphatic heterocycles. The molecule has 0 atom stereocenters. The zero-order chi connectivity index (χ0) is 7.40. The fourth-order valence-corrected chi connectivity index (χ4v) is 0.839. The molecule has 1 heterocycles. The van der Waals surface area contributed by atoms with Crippen molar-refractivity contribution in [2.45, 2.75) is 33.2 Å². The SMILES string of the molecule is CCCn1cc(CC)nn1.[CH3-].[V].[Y]. The Morgan fingerprint density at radius 2 is 2.00 bits per heavy atom. The molecular weight excluding hydrogens is 278 g/mol. The molecule has 72 valence electrons. The van der Waals surface area contributed by atoms with E-state index in [2.05, 4.69) is 24.2 Å². The van der Waals surface area contributed by atoms with Crippen LogP contribution in [0.2, 0.25) is 0 Å². The molecule has 1 aromatic rings. The summed E-state index contributed by atoms with van der Waals surface area (Å²) in [5, 5.41) is 7.91. The van der Waals surface area contributed by atoms with Gasteiger partial charge in [-0.3, -0.25) is 4.68 Å². The third-order valence-electron chi connectivity index (χ3n) is 1.40. The summed E-state index contributed by atoms with van der Waals surface area (Å²) in [5.41, 5.74) is 1.08. The molecule has 3 nitrogen and oxygen atoms in total. The van der Waals surface area contributed by atoms with E-state index >= 15 is 0 Å². The third-order valence-corrected chi connectivity index (χ3v) is 1.40. The van der Waals surface area contributed by atoms with Crippen molar-refractivity contribution < 1.29 is 51.3 Å². The van der Waals surface area contributed by atoms with Gasteiger partial charge in [0.2, 0.25) is 0 Å². The van der Waals surface area contributed by atoms with E-state index in [-0.39, 0.29) is 58.7 Å². The van der Waals surface area contributed by atoms with Gasteiger partial charge in [0.15, 0.2) is 0 Å². The summed E-state index contributed by atoms with van der Waals surface area (Å²) in [6.45, 7) is 5.20. The fraction of sp³-hybridized carbons (Fsp3) is 0.625. The Labute approximate surface area is 118 Å². The van der Waals surface area contributed by atoms with Gasteiger partial charge >= 0.3 is 0 Å². The molecule has 0 aliphatic carbocycles. The van der Waals surface area contributed by atoms with Gasteiger partial charge in [0.05, 0.1) is 5.69 Å². The van der Waals surface area contributed by atoms with Crippen LogP contribution >= 0.6 is 0 Å². The van der Waals surface area contributed by atoms with Crippen LogP contribution in [0.25, 0.3) is 0 Å². The minimum Gasteiger partial charge on any atom is -0.358 e. The predicted molar refractivity (Wildman–Crippen MR) is 46.1 cm³/mol. The third kappa shape index (κ3) is 6.84. The van der Waals surface area contributed by atoms with Gasteiger partial charge in [0, 0.05) is 64.0 Å². The van der Waals surface area contributed by atoms with E-state index in [0.717, 1.165) is 25.1 Å². The van der Waals surface area contributed by atoms with E-state index in [1.807, 2.05) is 10.9 Å². The monoisotopic (exact) mass is 294 g/mol. The first-order valence-electron chi connectivity index (χ1n) is 3.75. The molecule has 0 spiro atoms. The maximum atomic E-state index is 3.97. The van der Waals surface area contributed by atoms with E-state index in [1.54, 1.807) is 0 Å². The van der Waals surface area contributed by atoms with Gasteiger partial charge in [-0.25, -0.2) is 0 Å². The number of rotatable bonds is 3. The molecule has 0 bridgehead atoms. The molecule has 1 aromatic heterocycles. The average Bonchev–Trinajstić information content (AvgIpc) is 2.37. The molecule has 2 radical (unpaired) electrons. The van der Waals surface area contributed by atoms with Gasteiger partial charge in [-0.05, 0) is 12.8 Å². The second-order valence-corrected chi connectivity index (χ2v) is 2.33. The van der Waals surface area contributed by atoms with Crippen molar-refractivity contribution in [2.24, 2.45) is 0 Å². The molecule has 13 heavy (non-hydrogen) atoms. The molecule has 1 rings (SSSR count). The minimum absolute atomic E-state index is 0. The Hall–Kier alpha value is 0.828. The van der Waals surface area contributed by atoms with Crippen LogP contribution in [0.15, 0.2) is 6.20 Å². The molecule has 0 fully saturated rings. The zero-order valence-electron chi connectivity index (χ0n) is 8.56. The first-order valence-corrected chi connectivity index (χ1v) is 3.75. The van der Waals surface area contributed by atoms with E-state index in [9.17, 15) is 0 Å². The Morgan fingerprint density at radius 3 is 2.38 bits per heavy atom. The van der Waals surface area contributed by atoms with Gasteiger partial charge in [0.25, 0.3) is 0 Å². The second-order valence-electron chi connectivity index (χ2n) is 2.33. The first kappa shape index (κ1) is 19.4. The Morgan fingerprint density at radius 1 is 1.38 bits per heavy atom. The van der Waals surface area contributed by atoms with Crippen LogP contribution in [-0.4, -0.2) is 15.0 Å². The van der Waals surface area contributed by atoms with E-state index in [4.69, 9.17) is 0 Å². The van der Waals surface area contributed by atoms with E-state index in [0.29, 0.717) is 0 Å². The van der Waals surface area contributed by atoms with Crippen LogP contribution in [0.4, 0.5) is 0 Å². The topological polar surface area (TPSA) is 30.7 Å². The van der Waals surface area contributed by atoms with Crippen molar-refractivity contribution in [3.05, 3.63) is 19.3 Å². The van der Waals surface area contributed by atoms with Crippen LogP contribution < -0.4 is 0 Å². The minimum atomic E-state index is 0. The largest absolute Gasteiger partial charge is 0.358 e. The number of aromatic nitrogens is 3. The summed E-state index contributed by atoms with van der Waals surface area (Å²) in [6, 6.07) is 0. The van der Waals surface area contributed by atoms with Crippen molar-refractivity contribution >= 4 is 0 Å². The van der Waals surface area contributed by atoms with Gasteiger partial charge in [-0.2, -0.15) is 0 Å². The molecular formula is C8H16N3VY-. The van der Waals surface area contributed by atoms with Crippen molar-refractivity contribution in [1.29, 1.82) is 0 Å². The van der Waals surface area contributed by atoms with Crippen molar-refractivity contribution in [3.63, 3.8) is 0 Å². The zero-order valence-corrected chi connectivity index (χ0v) is 12.8. The smallest absolute Gasteiger partial charge is 0.0824 e. The summed E-state index contributed by atoms with van der Waals surface area (Å²) in [7, 11) is 0. The molecule has 5 heteroatoms. The Kier molecular flexibility index (Phi) is 16.3. The number of hydrogen-bond donors (Lipinski definition) is 0. The standard InChI is InChI=1S/C7H13N3.CH3.V.Y/c1-3-5-10-6-7(4-2)8-9-10;;;/h6H,3-5H2,1-2H3;1H3;;/q;-1;;. The molecule has 0 saturated carbocycles. The second kappa shape index (κ2) is 10.9. The summed E-state index contributed by atoms with van der Waals surface area (Å²) in [6.07, 6.45) is 4.10. The normalized spacial score (nSPS) is 7.85. The Balaban J connectivity index is -0.000000333. The summed E-state index contributed by atoms with van der Waals surface area (Å²) in [4.78, 5) is 0. The van der Waals surface area contributed by atoms with Gasteiger partial charge in [-0.1, -0.05) is 19.1 Å². The average molecular weight is 294 g/mol. The Bertz CT molecular complexity index is 203. The quantitative estimate of drug-likeness (QED) is 0.794. The summed E-state index contributed by atoms with van der Waals surface area (Å²) in [5.74, 6) is 0. The van der Waals surface area contributed by atoms with Crippen LogP contribution in [0, 0.1) is 7.43 Å². The number of hydrogen-bond acceptors (Lipinski definition) is 2. The van der Waals surface area contributed by atoms with Crippen molar-refractivity contribution in [3.8, 4) is 0 Å². The van der Waals surface area contributed by atoms with E-state index in [1.165, 1.54) is 0 Å². The van der Waals surface area contributed by atoms with Gasteiger partial charge in [0.1, 0.15) is 0 Å². The van der Waals surface area contributed by atoms with Crippen LogP contribution in [0.1, 0.15) is 26.0 Å². The molecule has 0 aliphatic rings. The number of nitrogens with zero attached hydrogens (tertiary/aromatic N) is 3. The summed E-state index contributed by atoms with van der Waals surface area (Å²) < 4.78 is 1.89. The van der Waals surface area contributed by atoms with E-state index < -0.39 is 0 Å². The number of aryl methyl sites for hydroxylation is 2. The predicted octanol–water partition coefficient (Wildman–Crippen LogP) is 1.70.